The van der Waals surface area contributed by atoms with E-state index in [-0.39, 0.29) is 0 Å². The van der Waals surface area contributed by atoms with Crippen LogP contribution in [0, 0.1) is 6.92 Å². The molecule has 0 aliphatic carbocycles. The molecule has 0 amide bonds. The van der Waals surface area contributed by atoms with E-state index in [0.29, 0.717) is 0 Å². The van der Waals surface area contributed by atoms with Crippen molar-refractivity contribution in [1.29, 1.82) is 0 Å². The van der Waals surface area contributed by atoms with Crippen LogP contribution < -0.4 is 0 Å². The Balaban J connectivity index is 1.95. The van der Waals surface area contributed by atoms with Crippen LogP contribution in [-0.4, -0.2) is 0 Å². The molecule has 4 rings (SSSR count). The molecule has 3 aromatic carbocycles. The summed E-state index contributed by atoms with van der Waals surface area (Å²) < 4.78 is 6.19. The van der Waals surface area contributed by atoms with Crippen LogP contribution in [0.15, 0.2) is 65.1 Å². The largest absolute Gasteiger partial charge is 0.456 e. The molecule has 1 heterocycles. The molecule has 0 saturated heterocycles. The number of benzene rings is 3. The van der Waals surface area contributed by atoms with Gasteiger partial charge in [0.2, 0.25) is 0 Å². The van der Waals surface area contributed by atoms with E-state index in [1.165, 1.54) is 32.8 Å². The molecular formula is C22H20O. The molecule has 1 nitrogen and oxygen atoms in total. The van der Waals surface area contributed by atoms with Gasteiger partial charge in [0.15, 0.2) is 0 Å². The molecular weight excluding hydrogens is 280 g/mol. The lowest BCUT2D eigenvalue weighted by Crippen LogP contribution is -1.89. The number of hydrogen-bond donors (Lipinski definition) is 0. The maximum Gasteiger partial charge on any atom is 0.135 e. The van der Waals surface area contributed by atoms with E-state index in [2.05, 4.69) is 74.5 Å². The van der Waals surface area contributed by atoms with Crippen LogP contribution in [0.5, 0.6) is 0 Å². The first-order valence-corrected chi connectivity index (χ1v) is 8.27. The van der Waals surface area contributed by atoms with Gasteiger partial charge in [0, 0.05) is 10.9 Å². The summed E-state index contributed by atoms with van der Waals surface area (Å²) in [5.74, 6) is 0.972. The zero-order valence-corrected chi connectivity index (χ0v) is 13.6. The van der Waals surface area contributed by atoms with Crippen molar-refractivity contribution in [2.75, 3.05) is 0 Å². The average Bonchev–Trinajstić information content (AvgIpc) is 2.99. The van der Waals surface area contributed by atoms with Crippen LogP contribution in [0.25, 0.3) is 33.1 Å². The van der Waals surface area contributed by atoms with Gasteiger partial charge in [0.25, 0.3) is 0 Å². The van der Waals surface area contributed by atoms with Crippen molar-refractivity contribution in [3.8, 4) is 11.3 Å². The number of hydrogen-bond acceptors (Lipinski definition) is 1. The Bertz CT molecular complexity index is 991. The van der Waals surface area contributed by atoms with E-state index in [9.17, 15) is 0 Å². The Kier molecular flexibility index (Phi) is 3.42. The van der Waals surface area contributed by atoms with Crippen LogP contribution >= 0.6 is 0 Å². The SMILES string of the molecule is CCCc1cc(C)ccc1-c1cc2c(ccc3ccccc32)o1. The van der Waals surface area contributed by atoms with Gasteiger partial charge in [-0.05, 0) is 41.8 Å². The quantitative estimate of drug-likeness (QED) is 0.420. The third kappa shape index (κ3) is 2.43. The van der Waals surface area contributed by atoms with Crippen LogP contribution in [-0.2, 0) is 6.42 Å². The summed E-state index contributed by atoms with van der Waals surface area (Å²) in [5, 5.41) is 3.70. The number of fused-ring (bicyclic) bond motifs is 3. The molecule has 0 fully saturated rings. The molecule has 23 heavy (non-hydrogen) atoms. The molecule has 1 heteroatoms. The van der Waals surface area contributed by atoms with E-state index in [0.717, 1.165) is 24.2 Å². The molecule has 0 aliphatic heterocycles. The zero-order chi connectivity index (χ0) is 15.8. The predicted molar refractivity (Wildman–Crippen MR) is 97.9 cm³/mol. The second kappa shape index (κ2) is 5.58. The lowest BCUT2D eigenvalue weighted by Gasteiger charge is -2.07. The fourth-order valence-corrected chi connectivity index (χ4v) is 3.36. The van der Waals surface area contributed by atoms with Gasteiger partial charge in [-0.15, -0.1) is 0 Å². The molecule has 0 saturated carbocycles. The Morgan fingerprint density at radius 2 is 1.74 bits per heavy atom. The molecule has 0 atom stereocenters. The molecule has 0 spiro atoms. The zero-order valence-electron chi connectivity index (χ0n) is 13.6. The van der Waals surface area contributed by atoms with Gasteiger partial charge in [0.05, 0.1) is 0 Å². The van der Waals surface area contributed by atoms with Crippen molar-refractivity contribution < 1.29 is 4.42 Å². The summed E-state index contributed by atoms with van der Waals surface area (Å²) in [4.78, 5) is 0. The molecule has 0 bridgehead atoms. The van der Waals surface area contributed by atoms with Gasteiger partial charge in [-0.25, -0.2) is 0 Å². The summed E-state index contributed by atoms with van der Waals surface area (Å²) in [5.41, 5.74) is 4.86. The lowest BCUT2D eigenvalue weighted by molar-refractivity contribution is 0.630. The summed E-state index contributed by atoms with van der Waals surface area (Å²) in [7, 11) is 0. The highest BCUT2D eigenvalue weighted by molar-refractivity contribution is 6.07. The molecule has 0 N–H and O–H groups in total. The van der Waals surface area contributed by atoms with Gasteiger partial charge in [-0.3, -0.25) is 0 Å². The maximum absolute atomic E-state index is 6.19. The molecule has 4 aromatic rings. The van der Waals surface area contributed by atoms with E-state index < -0.39 is 0 Å². The number of aryl methyl sites for hydroxylation is 2. The monoisotopic (exact) mass is 300 g/mol. The Morgan fingerprint density at radius 1 is 0.870 bits per heavy atom. The van der Waals surface area contributed by atoms with Crippen molar-refractivity contribution in [2.45, 2.75) is 26.7 Å². The average molecular weight is 300 g/mol. The van der Waals surface area contributed by atoms with Crippen molar-refractivity contribution in [2.24, 2.45) is 0 Å². The minimum absolute atomic E-state index is 0.960. The van der Waals surface area contributed by atoms with Gasteiger partial charge in [-0.2, -0.15) is 0 Å². The van der Waals surface area contributed by atoms with Gasteiger partial charge >= 0.3 is 0 Å². The Hall–Kier alpha value is -2.54. The van der Waals surface area contributed by atoms with Crippen LogP contribution in [0.3, 0.4) is 0 Å². The second-order valence-electron chi connectivity index (χ2n) is 6.22. The standard InChI is InChI=1S/C22H20O/c1-3-6-17-13-15(2)9-11-19(17)22-14-20-18-8-5-4-7-16(18)10-12-21(20)23-22/h4-5,7-14H,3,6H2,1-2H3. The molecule has 0 radical (unpaired) electrons. The summed E-state index contributed by atoms with van der Waals surface area (Å²) in [6.45, 7) is 4.37. The topological polar surface area (TPSA) is 13.1 Å². The van der Waals surface area contributed by atoms with Gasteiger partial charge in [-0.1, -0.05) is 67.4 Å². The van der Waals surface area contributed by atoms with E-state index in [1.807, 2.05) is 0 Å². The molecule has 1 aromatic heterocycles. The second-order valence-corrected chi connectivity index (χ2v) is 6.22. The van der Waals surface area contributed by atoms with E-state index in [4.69, 9.17) is 4.42 Å². The molecule has 0 unspecified atom stereocenters. The lowest BCUT2D eigenvalue weighted by atomic mass is 9.98. The molecule has 0 aliphatic rings. The highest BCUT2D eigenvalue weighted by Crippen LogP contribution is 2.34. The smallest absolute Gasteiger partial charge is 0.135 e. The number of rotatable bonds is 3. The Morgan fingerprint density at radius 3 is 2.61 bits per heavy atom. The van der Waals surface area contributed by atoms with Crippen molar-refractivity contribution in [1.82, 2.24) is 0 Å². The Labute approximate surface area is 136 Å². The van der Waals surface area contributed by atoms with Crippen molar-refractivity contribution in [3.63, 3.8) is 0 Å². The van der Waals surface area contributed by atoms with Crippen LogP contribution in [0.4, 0.5) is 0 Å². The number of furan rings is 1. The van der Waals surface area contributed by atoms with Gasteiger partial charge < -0.3 is 4.42 Å². The van der Waals surface area contributed by atoms with Crippen molar-refractivity contribution in [3.05, 3.63) is 71.8 Å². The first kappa shape index (κ1) is 14.1. The maximum atomic E-state index is 6.19. The molecule has 114 valence electrons. The van der Waals surface area contributed by atoms with Crippen LogP contribution in [0.1, 0.15) is 24.5 Å². The third-order valence-electron chi connectivity index (χ3n) is 4.47. The predicted octanol–water partition coefficient (Wildman–Crippen LogP) is 6.51. The highest BCUT2D eigenvalue weighted by Gasteiger charge is 2.12. The fourth-order valence-electron chi connectivity index (χ4n) is 3.36. The minimum atomic E-state index is 0.960. The fraction of sp³-hybridized carbons (Fsp3) is 0.182. The summed E-state index contributed by atoms with van der Waals surface area (Å²) in [6, 6.07) is 21.5. The van der Waals surface area contributed by atoms with Crippen molar-refractivity contribution >= 4 is 21.7 Å². The first-order chi connectivity index (χ1) is 11.3. The normalized spacial score (nSPS) is 11.4. The highest BCUT2D eigenvalue weighted by atomic mass is 16.3. The van der Waals surface area contributed by atoms with E-state index in [1.54, 1.807) is 0 Å². The van der Waals surface area contributed by atoms with Gasteiger partial charge in [0.1, 0.15) is 11.3 Å². The van der Waals surface area contributed by atoms with E-state index >= 15 is 0 Å². The summed E-state index contributed by atoms with van der Waals surface area (Å²) >= 11 is 0. The first-order valence-electron chi connectivity index (χ1n) is 8.27. The third-order valence-corrected chi connectivity index (χ3v) is 4.47. The minimum Gasteiger partial charge on any atom is -0.456 e. The van der Waals surface area contributed by atoms with Crippen LogP contribution in [0.2, 0.25) is 0 Å². The summed E-state index contributed by atoms with van der Waals surface area (Å²) in [6.07, 6.45) is 2.22.